The number of carbonyl (C=O) groups excluding carboxylic acids is 2. The van der Waals surface area contributed by atoms with Crippen LogP contribution < -0.4 is 29.9 Å². The molecule has 0 atom stereocenters. The maximum atomic E-state index is 13.2. The molecule has 11 nitrogen and oxygen atoms in total. The highest BCUT2D eigenvalue weighted by Crippen LogP contribution is 2.36. The zero-order valence-electron chi connectivity index (χ0n) is 25.8. The van der Waals surface area contributed by atoms with E-state index in [-0.39, 0.29) is 30.2 Å². The van der Waals surface area contributed by atoms with Crippen molar-refractivity contribution in [3.05, 3.63) is 76.6 Å². The summed E-state index contributed by atoms with van der Waals surface area (Å²) in [7, 11) is 6.15. The molecule has 0 bridgehead atoms. The van der Waals surface area contributed by atoms with Crippen molar-refractivity contribution in [2.24, 2.45) is 0 Å². The van der Waals surface area contributed by atoms with Crippen LogP contribution >= 0.6 is 0 Å². The van der Waals surface area contributed by atoms with Crippen LogP contribution in [-0.4, -0.2) is 64.0 Å². The Bertz CT molecular complexity index is 1720. The molecule has 0 aliphatic rings. The van der Waals surface area contributed by atoms with Gasteiger partial charge in [0.05, 0.1) is 27.9 Å². The van der Waals surface area contributed by atoms with Gasteiger partial charge in [-0.3, -0.25) is 4.79 Å². The second-order valence-corrected chi connectivity index (χ2v) is 10.8. The van der Waals surface area contributed by atoms with Gasteiger partial charge in [0.2, 0.25) is 5.75 Å². The summed E-state index contributed by atoms with van der Waals surface area (Å²) >= 11 is 0. The first-order valence-corrected chi connectivity index (χ1v) is 13.8. The molecule has 1 heterocycles. The Morgan fingerprint density at radius 2 is 1.66 bits per heavy atom. The summed E-state index contributed by atoms with van der Waals surface area (Å²) in [5, 5.41) is 3.15. The molecule has 11 heteroatoms. The maximum Gasteiger partial charge on any atom is 0.410 e. The number of benzene rings is 3. The molecule has 1 aromatic heterocycles. The SMILES string of the molecule is COc1cccc(-c2cc(C(=O)Nc3cc4ccc(OCCN(C)C(=O)OC(C)(C)C)c(OC)c4oc3=O)ccc2OC)c1. The van der Waals surface area contributed by atoms with Gasteiger partial charge in [-0.1, -0.05) is 12.1 Å². The molecule has 3 aromatic carbocycles. The number of anilines is 1. The smallest absolute Gasteiger partial charge is 0.410 e. The Hall–Kier alpha value is -5.19. The van der Waals surface area contributed by atoms with Crippen molar-refractivity contribution in [1.82, 2.24) is 4.90 Å². The lowest BCUT2D eigenvalue weighted by Gasteiger charge is -2.24. The number of hydrogen-bond donors (Lipinski definition) is 1. The number of likely N-dealkylation sites (N-methyl/N-ethyl adjacent to an activating group) is 1. The van der Waals surface area contributed by atoms with Gasteiger partial charge in [0.1, 0.15) is 29.4 Å². The van der Waals surface area contributed by atoms with Crippen LogP contribution in [0.3, 0.4) is 0 Å². The Balaban J connectivity index is 1.53. The Morgan fingerprint density at radius 3 is 2.34 bits per heavy atom. The minimum atomic E-state index is -0.771. The molecular formula is C33H36N2O9. The van der Waals surface area contributed by atoms with Crippen molar-refractivity contribution in [2.45, 2.75) is 26.4 Å². The minimum Gasteiger partial charge on any atom is -0.497 e. The van der Waals surface area contributed by atoms with Crippen LogP contribution in [0.5, 0.6) is 23.0 Å². The van der Waals surface area contributed by atoms with Gasteiger partial charge in [-0.15, -0.1) is 0 Å². The van der Waals surface area contributed by atoms with E-state index in [0.717, 1.165) is 5.56 Å². The molecule has 0 saturated heterocycles. The predicted octanol–water partition coefficient (Wildman–Crippen LogP) is 5.98. The molecular weight excluding hydrogens is 568 g/mol. The first-order valence-electron chi connectivity index (χ1n) is 13.8. The molecule has 0 saturated carbocycles. The number of hydrogen-bond acceptors (Lipinski definition) is 9. The topological polar surface area (TPSA) is 126 Å². The van der Waals surface area contributed by atoms with E-state index in [1.165, 1.54) is 18.1 Å². The van der Waals surface area contributed by atoms with Crippen molar-refractivity contribution in [3.8, 4) is 34.1 Å². The van der Waals surface area contributed by atoms with Crippen LogP contribution in [0.2, 0.25) is 0 Å². The summed E-state index contributed by atoms with van der Waals surface area (Å²) in [5.74, 6) is 1.24. The predicted molar refractivity (Wildman–Crippen MR) is 166 cm³/mol. The van der Waals surface area contributed by atoms with E-state index in [0.29, 0.717) is 33.8 Å². The average molecular weight is 605 g/mol. The fourth-order valence-electron chi connectivity index (χ4n) is 4.32. The van der Waals surface area contributed by atoms with E-state index < -0.39 is 23.2 Å². The number of amides is 2. The van der Waals surface area contributed by atoms with E-state index in [2.05, 4.69) is 5.32 Å². The quantitative estimate of drug-likeness (QED) is 0.218. The molecule has 0 radical (unpaired) electrons. The van der Waals surface area contributed by atoms with Crippen molar-refractivity contribution in [3.63, 3.8) is 0 Å². The normalized spacial score (nSPS) is 11.1. The summed E-state index contributed by atoms with van der Waals surface area (Å²) in [6.45, 7) is 5.75. The summed E-state index contributed by atoms with van der Waals surface area (Å²) in [5.41, 5.74) is 0.502. The fraction of sp³-hybridized carbons (Fsp3) is 0.303. The molecule has 44 heavy (non-hydrogen) atoms. The zero-order valence-corrected chi connectivity index (χ0v) is 25.8. The molecule has 1 N–H and O–H groups in total. The van der Waals surface area contributed by atoms with Crippen molar-refractivity contribution < 1.29 is 37.7 Å². The van der Waals surface area contributed by atoms with E-state index in [9.17, 15) is 14.4 Å². The largest absolute Gasteiger partial charge is 0.497 e. The second-order valence-electron chi connectivity index (χ2n) is 10.8. The van der Waals surface area contributed by atoms with Gasteiger partial charge in [-0.05, 0) is 74.9 Å². The molecule has 0 fully saturated rings. The lowest BCUT2D eigenvalue weighted by Crippen LogP contribution is -2.36. The minimum absolute atomic E-state index is 0.0454. The zero-order chi connectivity index (χ0) is 32.0. The van der Waals surface area contributed by atoms with Crippen molar-refractivity contribution >= 4 is 28.7 Å². The Labute approximate surface area is 255 Å². The standard InChI is InChI=1S/C33H36N2O9/c1-33(2,3)44-32(38)35(4)15-16-42-27-14-11-21-19-25(31(37)43-28(21)29(27)41-7)34-30(36)22-12-13-26(40-6)24(18-22)20-9-8-10-23(17-20)39-5/h8-14,17-19H,15-16H2,1-7H3,(H,34,36). The molecule has 0 unspecified atom stereocenters. The van der Waals surface area contributed by atoms with Crippen LogP contribution in [0, 0.1) is 0 Å². The highest BCUT2D eigenvalue weighted by atomic mass is 16.6. The molecule has 232 valence electrons. The highest BCUT2D eigenvalue weighted by molar-refractivity contribution is 6.06. The average Bonchev–Trinajstić information content (AvgIpc) is 3.00. The molecule has 0 spiro atoms. The molecule has 0 aliphatic heterocycles. The molecule has 4 rings (SSSR count). The van der Waals surface area contributed by atoms with Gasteiger partial charge in [0.25, 0.3) is 5.91 Å². The third-order valence-electron chi connectivity index (χ3n) is 6.51. The van der Waals surface area contributed by atoms with Gasteiger partial charge < -0.3 is 38.3 Å². The van der Waals surface area contributed by atoms with Crippen LogP contribution in [0.15, 0.2) is 69.9 Å². The van der Waals surface area contributed by atoms with Crippen molar-refractivity contribution in [1.29, 1.82) is 0 Å². The van der Waals surface area contributed by atoms with Gasteiger partial charge in [0.15, 0.2) is 11.3 Å². The molecule has 4 aromatic rings. The van der Waals surface area contributed by atoms with Crippen LogP contribution in [-0.2, 0) is 4.74 Å². The summed E-state index contributed by atoms with van der Waals surface area (Å²) in [6, 6.07) is 17.2. The van der Waals surface area contributed by atoms with Crippen LogP contribution in [0.4, 0.5) is 10.5 Å². The lowest BCUT2D eigenvalue weighted by molar-refractivity contribution is 0.0277. The molecule has 2 amide bonds. The van der Waals surface area contributed by atoms with Gasteiger partial charge in [0, 0.05) is 23.6 Å². The van der Waals surface area contributed by atoms with Gasteiger partial charge >= 0.3 is 11.7 Å². The maximum absolute atomic E-state index is 13.2. The summed E-state index contributed by atoms with van der Waals surface area (Å²) < 4.78 is 33.1. The van der Waals surface area contributed by atoms with E-state index >= 15 is 0 Å². The van der Waals surface area contributed by atoms with Crippen molar-refractivity contribution in [2.75, 3.05) is 46.8 Å². The number of rotatable bonds is 10. The number of nitrogens with one attached hydrogen (secondary N) is 1. The van der Waals surface area contributed by atoms with E-state index in [1.807, 2.05) is 24.3 Å². The van der Waals surface area contributed by atoms with Gasteiger partial charge in [-0.2, -0.15) is 0 Å². The Kier molecular flexibility index (Phi) is 9.67. The monoisotopic (exact) mass is 604 g/mol. The fourth-order valence-corrected chi connectivity index (χ4v) is 4.32. The second kappa shape index (κ2) is 13.4. The number of carbonyl (C=O) groups is 2. The van der Waals surface area contributed by atoms with E-state index in [4.69, 9.17) is 28.1 Å². The Morgan fingerprint density at radius 1 is 0.909 bits per heavy atom. The lowest BCUT2D eigenvalue weighted by atomic mass is 10.0. The van der Waals surface area contributed by atoms with Crippen LogP contribution in [0.25, 0.3) is 22.1 Å². The summed E-state index contributed by atoms with van der Waals surface area (Å²) in [4.78, 5) is 39.8. The number of methoxy groups -OCH3 is 3. The third-order valence-corrected chi connectivity index (χ3v) is 6.51. The highest BCUT2D eigenvalue weighted by Gasteiger charge is 2.21. The summed E-state index contributed by atoms with van der Waals surface area (Å²) in [6.07, 6.45) is -0.474. The van der Waals surface area contributed by atoms with Gasteiger partial charge in [-0.25, -0.2) is 9.59 Å². The number of fused-ring (bicyclic) bond motifs is 1. The molecule has 0 aliphatic carbocycles. The third kappa shape index (κ3) is 7.41. The first-order chi connectivity index (χ1) is 20.9. The van der Waals surface area contributed by atoms with Crippen LogP contribution in [0.1, 0.15) is 31.1 Å². The first kappa shape index (κ1) is 31.7. The number of ether oxygens (including phenoxy) is 5. The van der Waals surface area contributed by atoms with E-state index in [1.54, 1.807) is 72.4 Å². The number of nitrogens with zero attached hydrogens (tertiary/aromatic N) is 1.